The second-order valence-corrected chi connectivity index (χ2v) is 4.63. The number of nitrogens with zero attached hydrogens (tertiary/aromatic N) is 4. The van der Waals surface area contributed by atoms with Crippen LogP contribution in [0.2, 0.25) is 5.02 Å². The van der Waals surface area contributed by atoms with Gasteiger partial charge in [-0.25, -0.2) is 0 Å². The summed E-state index contributed by atoms with van der Waals surface area (Å²) in [6.07, 6.45) is 1.66. The fraction of sp³-hybridized carbons (Fsp3) is 0.0769. The van der Waals surface area contributed by atoms with Crippen molar-refractivity contribution in [3.63, 3.8) is 0 Å². The zero-order valence-corrected chi connectivity index (χ0v) is 11.7. The first kappa shape index (κ1) is 13.3. The minimum Gasteiger partial charge on any atom is -0.403 e. The Bertz CT molecular complexity index is 795. The molecule has 2 aromatic heterocycles. The fourth-order valence-corrected chi connectivity index (χ4v) is 1.93. The molecule has 0 atom stereocenters. The van der Waals surface area contributed by atoms with E-state index in [-0.39, 0.29) is 17.6 Å². The molecule has 8 heteroatoms. The van der Waals surface area contributed by atoms with Crippen molar-refractivity contribution in [3.8, 4) is 11.5 Å². The zero-order chi connectivity index (χ0) is 14.8. The third-order valence-electron chi connectivity index (χ3n) is 2.70. The summed E-state index contributed by atoms with van der Waals surface area (Å²) < 4.78 is 6.90. The first-order chi connectivity index (χ1) is 10.1. The average molecular weight is 304 g/mol. The molecular formula is C13H10ClN5O2. The van der Waals surface area contributed by atoms with Gasteiger partial charge < -0.3 is 4.42 Å². The molecule has 7 nitrogen and oxygen atoms in total. The Labute approximate surface area is 124 Å². The number of benzene rings is 1. The smallest absolute Gasteiger partial charge is 0.322 e. The van der Waals surface area contributed by atoms with E-state index >= 15 is 0 Å². The Morgan fingerprint density at radius 2 is 2.10 bits per heavy atom. The van der Waals surface area contributed by atoms with Gasteiger partial charge in [0.15, 0.2) is 5.69 Å². The third kappa shape index (κ3) is 2.77. The molecule has 3 rings (SSSR count). The van der Waals surface area contributed by atoms with Gasteiger partial charge in [-0.1, -0.05) is 28.8 Å². The van der Waals surface area contributed by atoms with Crippen molar-refractivity contribution in [3.05, 3.63) is 47.2 Å². The molecule has 0 spiro atoms. The Balaban J connectivity index is 1.80. The van der Waals surface area contributed by atoms with Crippen LogP contribution in [-0.2, 0) is 7.05 Å². The number of rotatable bonds is 3. The highest BCUT2D eigenvalue weighted by Gasteiger charge is 2.15. The Morgan fingerprint density at radius 1 is 1.29 bits per heavy atom. The highest BCUT2D eigenvalue weighted by atomic mass is 35.5. The van der Waals surface area contributed by atoms with E-state index in [0.29, 0.717) is 10.6 Å². The molecule has 2 heterocycles. The number of aryl methyl sites for hydroxylation is 1. The van der Waals surface area contributed by atoms with Crippen LogP contribution in [0.3, 0.4) is 0 Å². The fourth-order valence-electron chi connectivity index (χ4n) is 1.71. The molecule has 0 unspecified atom stereocenters. The number of nitrogens with one attached hydrogen (secondary N) is 1. The van der Waals surface area contributed by atoms with Gasteiger partial charge in [-0.15, -0.1) is 5.10 Å². The van der Waals surface area contributed by atoms with E-state index in [9.17, 15) is 4.79 Å². The molecule has 0 saturated carbocycles. The van der Waals surface area contributed by atoms with Crippen LogP contribution in [0.4, 0.5) is 6.01 Å². The number of carbonyl (C=O) groups excluding carboxylic acids is 1. The van der Waals surface area contributed by atoms with Crippen molar-refractivity contribution in [1.82, 2.24) is 20.0 Å². The van der Waals surface area contributed by atoms with Gasteiger partial charge in [-0.05, 0) is 18.2 Å². The van der Waals surface area contributed by atoms with Gasteiger partial charge in [0.1, 0.15) is 0 Å². The van der Waals surface area contributed by atoms with E-state index in [2.05, 4.69) is 20.6 Å². The van der Waals surface area contributed by atoms with Crippen LogP contribution in [0.25, 0.3) is 11.5 Å². The van der Waals surface area contributed by atoms with Crippen LogP contribution in [0.1, 0.15) is 10.5 Å². The van der Waals surface area contributed by atoms with Gasteiger partial charge in [0.25, 0.3) is 11.8 Å². The highest BCUT2D eigenvalue weighted by Crippen LogP contribution is 2.27. The molecule has 21 heavy (non-hydrogen) atoms. The molecule has 1 aromatic carbocycles. The largest absolute Gasteiger partial charge is 0.403 e. The van der Waals surface area contributed by atoms with Gasteiger partial charge in [0, 0.05) is 13.2 Å². The molecule has 106 valence electrons. The topological polar surface area (TPSA) is 85.8 Å². The predicted molar refractivity (Wildman–Crippen MR) is 75.9 cm³/mol. The first-order valence-corrected chi connectivity index (χ1v) is 6.40. The Morgan fingerprint density at radius 3 is 2.81 bits per heavy atom. The minimum atomic E-state index is -0.426. The van der Waals surface area contributed by atoms with Crippen molar-refractivity contribution in [2.45, 2.75) is 0 Å². The number of halogens is 1. The summed E-state index contributed by atoms with van der Waals surface area (Å²) in [6, 6.07) is 8.64. The lowest BCUT2D eigenvalue weighted by Gasteiger charge is -1.98. The van der Waals surface area contributed by atoms with Crippen molar-refractivity contribution >= 4 is 23.5 Å². The molecular weight excluding hydrogens is 294 g/mol. The van der Waals surface area contributed by atoms with Crippen LogP contribution in [0.5, 0.6) is 0 Å². The minimum absolute atomic E-state index is 0.0134. The number of aromatic nitrogens is 4. The average Bonchev–Trinajstić information content (AvgIpc) is 3.08. The number of hydrogen-bond donors (Lipinski definition) is 1. The van der Waals surface area contributed by atoms with Gasteiger partial charge in [-0.3, -0.25) is 14.8 Å². The number of carbonyl (C=O) groups is 1. The number of amides is 1. The zero-order valence-electron chi connectivity index (χ0n) is 10.9. The molecule has 0 bridgehead atoms. The Kier molecular flexibility index (Phi) is 3.41. The molecule has 0 aliphatic heterocycles. The molecule has 0 radical (unpaired) electrons. The second-order valence-electron chi connectivity index (χ2n) is 4.22. The lowest BCUT2D eigenvalue weighted by atomic mass is 10.2. The van der Waals surface area contributed by atoms with E-state index in [1.807, 2.05) is 0 Å². The van der Waals surface area contributed by atoms with Gasteiger partial charge >= 0.3 is 6.01 Å². The molecule has 1 amide bonds. The normalized spacial score (nSPS) is 10.6. The maximum atomic E-state index is 11.9. The summed E-state index contributed by atoms with van der Waals surface area (Å²) in [5.41, 5.74) is 0.861. The summed E-state index contributed by atoms with van der Waals surface area (Å²) in [5, 5.41) is 14.6. The molecule has 3 aromatic rings. The standard InChI is InChI=1S/C13H10ClN5O2/c1-19-7-6-10(18-19)11(20)15-13-17-16-12(21-13)8-4-2-3-5-9(8)14/h2-7H,1H3,(H,15,17,20). The van der Waals surface area contributed by atoms with Gasteiger partial charge in [-0.2, -0.15) is 5.10 Å². The quantitative estimate of drug-likeness (QED) is 0.803. The van der Waals surface area contributed by atoms with E-state index in [1.165, 1.54) is 4.68 Å². The van der Waals surface area contributed by atoms with Crippen LogP contribution in [0.15, 0.2) is 40.9 Å². The summed E-state index contributed by atoms with van der Waals surface area (Å²) in [6.45, 7) is 0. The van der Waals surface area contributed by atoms with Crippen LogP contribution in [0, 0.1) is 0 Å². The molecule has 1 N–H and O–H groups in total. The van der Waals surface area contributed by atoms with E-state index < -0.39 is 5.91 Å². The van der Waals surface area contributed by atoms with Gasteiger partial charge in [0.2, 0.25) is 0 Å². The molecule has 0 fully saturated rings. The maximum Gasteiger partial charge on any atom is 0.322 e. The van der Waals surface area contributed by atoms with Crippen molar-refractivity contribution in [1.29, 1.82) is 0 Å². The summed E-state index contributed by atoms with van der Waals surface area (Å²) in [4.78, 5) is 11.9. The lowest BCUT2D eigenvalue weighted by molar-refractivity contribution is 0.101. The van der Waals surface area contributed by atoms with Crippen LogP contribution in [-0.4, -0.2) is 25.9 Å². The van der Waals surface area contributed by atoms with Crippen LogP contribution < -0.4 is 5.32 Å². The van der Waals surface area contributed by atoms with E-state index in [0.717, 1.165) is 0 Å². The first-order valence-electron chi connectivity index (χ1n) is 6.03. The SMILES string of the molecule is Cn1ccc(C(=O)Nc2nnc(-c3ccccc3Cl)o2)n1. The third-order valence-corrected chi connectivity index (χ3v) is 3.03. The second kappa shape index (κ2) is 5.37. The van der Waals surface area contributed by atoms with Gasteiger partial charge in [0.05, 0.1) is 10.6 Å². The summed E-state index contributed by atoms with van der Waals surface area (Å²) >= 11 is 6.04. The predicted octanol–water partition coefficient (Wildman–Crippen LogP) is 2.38. The highest BCUT2D eigenvalue weighted by molar-refractivity contribution is 6.33. The lowest BCUT2D eigenvalue weighted by Crippen LogP contribution is -2.13. The van der Waals surface area contributed by atoms with Crippen molar-refractivity contribution in [2.24, 2.45) is 7.05 Å². The van der Waals surface area contributed by atoms with E-state index in [1.54, 1.807) is 43.6 Å². The summed E-state index contributed by atoms with van der Waals surface area (Å²) in [5.74, 6) is -0.193. The molecule has 0 saturated heterocycles. The maximum absolute atomic E-state index is 11.9. The monoisotopic (exact) mass is 303 g/mol. The van der Waals surface area contributed by atoms with Crippen molar-refractivity contribution < 1.29 is 9.21 Å². The Hall–Kier alpha value is -2.67. The molecule has 0 aliphatic carbocycles. The van der Waals surface area contributed by atoms with E-state index in [4.69, 9.17) is 16.0 Å². The molecule has 0 aliphatic rings. The van der Waals surface area contributed by atoms with Crippen LogP contribution >= 0.6 is 11.6 Å². The summed E-state index contributed by atoms with van der Waals surface area (Å²) in [7, 11) is 1.72. The number of hydrogen-bond acceptors (Lipinski definition) is 5. The van der Waals surface area contributed by atoms with Crippen molar-refractivity contribution in [2.75, 3.05) is 5.32 Å². The number of anilines is 1.